The summed E-state index contributed by atoms with van der Waals surface area (Å²) in [5, 5.41) is 4.39. The second-order valence-electron chi connectivity index (χ2n) is 8.28. The van der Waals surface area contributed by atoms with Crippen LogP contribution in [0.4, 0.5) is 5.69 Å². The van der Waals surface area contributed by atoms with E-state index in [-0.39, 0.29) is 17.3 Å². The zero-order chi connectivity index (χ0) is 21.5. The molecule has 5 rings (SSSR count). The van der Waals surface area contributed by atoms with Crippen molar-refractivity contribution in [3.8, 4) is 0 Å². The fourth-order valence-corrected chi connectivity index (χ4v) is 4.57. The summed E-state index contributed by atoms with van der Waals surface area (Å²) in [4.78, 5) is 32.4. The van der Waals surface area contributed by atoms with Gasteiger partial charge < -0.3 is 4.90 Å². The number of fused-ring (bicyclic) bond motifs is 2. The number of nitrogens with zero attached hydrogens (tertiary/aromatic N) is 5. The first-order chi connectivity index (χ1) is 15.0. The summed E-state index contributed by atoms with van der Waals surface area (Å²) in [6.07, 6.45) is 0. The molecule has 1 fully saturated rings. The number of ketones is 2. The molecule has 2 heterocycles. The fraction of sp³-hybridized carbons (Fsp3) is 0.333. The van der Waals surface area contributed by atoms with E-state index in [1.807, 2.05) is 4.68 Å². The lowest BCUT2D eigenvalue weighted by molar-refractivity contribution is -0.805. The van der Waals surface area contributed by atoms with Crippen LogP contribution >= 0.6 is 0 Å². The van der Waals surface area contributed by atoms with Crippen LogP contribution in [0.1, 0.15) is 37.7 Å². The minimum Gasteiger partial charge on any atom is -0.369 e. The van der Waals surface area contributed by atoms with Gasteiger partial charge in [0.2, 0.25) is 17.3 Å². The Morgan fingerprint density at radius 1 is 0.903 bits per heavy atom. The SMILES string of the molecule is Cc1cccc(N2CCN(CCn3c4c(n[n+]3C)C(=O)c3ccccc3C4=O)CC2)c1. The van der Waals surface area contributed by atoms with Gasteiger partial charge in [-0.15, -0.1) is 4.68 Å². The molecule has 0 unspecified atom stereocenters. The molecule has 1 aromatic heterocycles. The average molecular weight is 417 g/mol. The van der Waals surface area contributed by atoms with Crippen molar-refractivity contribution in [3.05, 3.63) is 76.6 Å². The van der Waals surface area contributed by atoms with Crippen LogP contribution in [0, 0.1) is 6.92 Å². The summed E-state index contributed by atoms with van der Waals surface area (Å²) in [6.45, 7) is 7.42. The van der Waals surface area contributed by atoms with Crippen molar-refractivity contribution in [2.24, 2.45) is 7.05 Å². The third-order valence-corrected chi connectivity index (χ3v) is 6.29. The van der Waals surface area contributed by atoms with Gasteiger partial charge in [-0.05, 0) is 29.4 Å². The first-order valence-electron chi connectivity index (χ1n) is 10.7. The molecule has 0 spiro atoms. The number of carbonyl (C=O) groups excluding carboxylic acids is 2. The van der Waals surface area contributed by atoms with Crippen LogP contribution in [-0.4, -0.2) is 59.0 Å². The molecule has 0 atom stereocenters. The topological polar surface area (TPSA) is 62.3 Å². The van der Waals surface area contributed by atoms with E-state index in [4.69, 9.17) is 0 Å². The van der Waals surface area contributed by atoms with E-state index in [1.54, 1.807) is 36.1 Å². The van der Waals surface area contributed by atoms with E-state index < -0.39 is 0 Å². The van der Waals surface area contributed by atoms with Gasteiger partial charge >= 0.3 is 0 Å². The molecule has 7 nitrogen and oxygen atoms in total. The predicted octanol–water partition coefficient (Wildman–Crippen LogP) is 1.61. The zero-order valence-electron chi connectivity index (χ0n) is 17.9. The van der Waals surface area contributed by atoms with Crippen LogP contribution in [0.25, 0.3) is 0 Å². The minimum atomic E-state index is -0.175. The Balaban J connectivity index is 1.29. The molecule has 31 heavy (non-hydrogen) atoms. The normalized spacial score (nSPS) is 16.4. The lowest BCUT2D eigenvalue weighted by Crippen LogP contribution is -2.49. The largest absolute Gasteiger partial charge is 0.369 e. The van der Waals surface area contributed by atoms with Crippen LogP contribution in [0.2, 0.25) is 0 Å². The molecule has 0 saturated carbocycles. The highest BCUT2D eigenvalue weighted by molar-refractivity contribution is 6.26. The molecule has 7 heteroatoms. The number of anilines is 1. The van der Waals surface area contributed by atoms with Gasteiger partial charge in [-0.3, -0.25) is 14.5 Å². The number of hydrogen-bond acceptors (Lipinski definition) is 5. The Bertz CT molecular complexity index is 1170. The highest BCUT2D eigenvalue weighted by Crippen LogP contribution is 2.25. The second kappa shape index (κ2) is 7.74. The molecule has 1 aliphatic heterocycles. The molecular weight excluding hydrogens is 390 g/mol. The molecule has 2 aromatic carbocycles. The van der Waals surface area contributed by atoms with Crippen molar-refractivity contribution in [2.75, 3.05) is 37.6 Å². The quantitative estimate of drug-likeness (QED) is 0.473. The van der Waals surface area contributed by atoms with Crippen molar-refractivity contribution in [1.29, 1.82) is 0 Å². The molecule has 0 amide bonds. The summed E-state index contributed by atoms with van der Waals surface area (Å²) in [7, 11) is 1.79. The molecule has 0 radical (unpaired) electrons. The smallest absolute Gasteiger partial charge is 0.220 e. The van der Waals surface area contributed by atoms with Crippen molar-refractivity contribution < 1.29 is 14.4 Å². The molecule has 0 N–H and O–H groups in total. The van der Waals surface area contributed by atoms with E-state index >= 15 is 0 Å². The molecule has 1 aliphatic carbocycles. The van der Waals surface area contributed by atoms with Crippen molar-refractivity contribution in [2.45, 2.75) is 13.5 Å². The molecule has 2 aliphatic rings. The monoisotopic (exact) mass is 416 g/mol. The molecule has 158 valence electrons. The Labute approximate surface area is 181 Å². The maximum absolute atomic E-state index is 13.1. The summed E-state index contributed by atoms with van der Waals surface area (Å²) in [5.41, 5.74) is 4.13. The van der Waals surface area contributed by atoms with Crippen LogP contribution in [0.5, 0.6) is 0 Å². The molecule has 0 bridgehead atoms. The third kappa shape index (κ3) is 3.45. The first kappa shape index (κ1) is 19.6. The van der Waals surface area contributed by atoms with E-state index in [0.717, 1.165) is 32.7 Å². The molecule has 3 aromatic rings. The van der Waals surface area contributed by atoms with E-state index in [2.05, 4.69) is 46.1 Å². The van der Waals surface area contributed by atoms with Gasteiger partial charge in [0.25, 0.3) is 0 Å². The third-order valence-electron chi connectivity index (χ3n) is 6.29. The maximum atomic E-state index is 13.1. The lowest BCUT2D eigenvalue weighted by Gasteiger charge is -2.36. The highest BCUT2D eigenvalue weighted by Gasteiger charge is 2.39. The number of carbonyl (C=O) groups is 2. The van der Waals surface area contributed by atoms with Crippen LogP contribution < -0.4 is 9.70 Å². The minimum absolute atomic E-state index is 0.123. The fourth-order valence-electron chi connectivity index (χ4n) is 4.57. The summed E-state index contributed by atoms with van der Waals surface area (Å²) >= 11 is 0. The van der Waals surface area contributed by atoms with E-state index in [0.29, 0.717) is 23.4 Å². The summed E-state index contributed by atoms with van der Waals surface area (Å²) in [5.74, 6) is -0.297. The van der Waals surface area contributed by atoms with Gasteiger partial charge in [0, 0.05) is 54.6 Å². The predicted molar refractivity (Wildman–Crippen MR) is 117 cm³/mol. The summed E-state index contributed by atoms with van der Waals surface area (Å²) in [6, 6.07) is 15.6. The molecule has 1 saturated heterocycles. The second-order valence-corrected chi connectivity index (χ2v) is 8.28. The lowest BCUT2D eigenvalue weighted by atomic mass is 9.90. The number of benzene rings is 2. The number of piperazine rings is 1. The first-order valence-corrected chi connectivity index (χ1v) is 10.7. The van der Waals surface area contributed by atoms with Gasteiger partial charge in [-0.1, -0.05) is 36.4 Å². The van der Waals surface area contributed by atoms with Gasteiger partial charge in [0.05, 0.1) is 6.54 Å². The van der Waals surface area contributed by atoms with Gasteiger partial charge in [-0.25, -0.2) is 0 Å². The number of aryl methyl sites for hydroxylation is 2. The average Bonchev–Trinajstić information content (AvgIpc) is 3.13. The number of rotatable bonds is 4. The zero-order valence-corrected chi connectivity index (χ0v) is 17.9. The van der Waals surface area contributed by atoms with Crippen LogP contribution in [0.3, 0.4) is 0 Å². The summed E-state index contributed by atoms with van der Waals surface area (Å²) < 4.78 is 1.85. The van der Waals surface area contributed by atoms with Gasteiger partial charge in [0.1, 0.15) is 0 Å². The standard InChI is InChI=1S/C24H26N5O2/c1-17-6-5-7-18(16-17)28-13-10-27(11-14-28)12-15-29-22-21(25-26(29)2)23(30)19-8-3-4-9-20(19)24(22)31/h3-9,16H,10-15H2,1-2H3/q+1. The Hall–Kier alpha value is -3.32. The Kier molecular flexibility index (Phi) is 4.90. The Morgan fingerprint density at radius 3 is 2.32 bits per heavy atom. The van der Waals surface area contributed by atoms with Gasteiger partial charge in [-0.2, -0.15) is 0 Å². The highest BCUT2D eigenvalue weighted by atomic mass is 16.1. The number of hydrogen-bond donors (Lipinski definition) is 0. The van der Waals surface area contributed by atoms with E-state index in [9.17, 15) is 9.59 Å². The van der Waals surface area contributed by atoms with Crippen molar-refractivity contribution >= 4 is 17.3 Å². The van der Waals surface area contributed by atoms with Crippen LogP contribution in [0.15, 0.2) is 48.5 Å². The van der Waals surface area contributed by atoms with Gasteiger partial charge in [0.15, 0.2) is 12.7 Å². The van der Waals surface area contributed by atoms with Crippen molar-refractivity contribution in [1.82, 2.24) is 14.7 Å². The number of aromatic nitrogens is 3. The van der Waals surface area contributed by atoms with Crippen LogP contribution in [-0.2, 0) is 13.6 Å². The molecular formula is C24H26N5O2+. The Morgan fingerprint density at radius 2 is 1.61 bits per heavy atom. The van der Waals surface area contributed by atoms with Crippen molar-refractivity contribution in [3.63, 3.8) is 0 Å². The van der Waals surface area contributed by atoms with E-state index in [1.165, 1.54) is 11.3 Å². The maximum Gasteiger partial charge on any atom is 0.220 e.